The van der Waals surface area contributed by atoms with Crippen LogP contribution in [0.15, 0.2) is 11.6 Å². The molecule has 1 heterocycles. The summed E-state index contributed by atoms with van der Waals surface area (Å²) in [6.45, 7) is 6.56. The number of nitrogens with zero attached hydrogens (tertiary/aromatic N) is 1. The van der Waals surface area contributed by atoms with E-state index in [4.69, 9.17) is 11.6 Å². The van der Waals surface area contributed by atoms with Gasteiger partial charge in [-0.2, -0.15) is 0 Å². The zero-order valence-corrected chi connectivity index (χ0v) is 9.76. The van der Waals surface area contributed by atoms with Crippen LogP contribution in [0.2, 0.25) is 0 Å². The molecular formula is C11H21ClN2. The summed E-state index contributed by atoms with van der Waals surface area (Å²) in [4.78, 5) is 2.52. The van der Waals surface area contributed by atoms with Crippen LogP contribution < -0.4 is 5.32 Å². The fourth-order valence-electron chi connectivity index (χ4n) is 2.02. The minimum absolute atomic E-state index is 0.705. The molecule has 1 saturated heterocycles. The number of nitrogens with one attached hydrogen (secondary N) is 1. The molecule has 0 aromatic rings. The van der Waals surface area contributed by atoms with E-state index in [-0.39, 0.29) is 0 Å². The van der Waals surface area contributed by atoms with Crippen molar-refractivity contribution in [3.63, 3.8) is 0 Å². The van der Waals surface area contributed by atoms with Crippen LogP contribution in [0.4, 0.5) is 0 Å². The van der Waals surface area contributed by atoms with Crippen LogP contribution >= 0.6 is 11.6 Å². The third-order valence-electron chi connectivity index (χ3n) is 2.81. The van der Waals surface area contributed by atoms with Crippen LogP contribution in [-0.2, 0) is 0 Å². The van der Waals surface area contributed by atoms with Crippen LogP contribution in [0.3, 0.4) is 0 Å². The van der Waals surface area contributed by atoms with Crippen LogP contribution in [0.5, 0.6) is 0 Å². The normalized spacial score (nSPS) is 24.6. The minimum atomic E-state index is 0.705. The lowest BCUT2D eigenvalue weighted by molar-refractivity contribution is 0.162. The van der Waals surface area contributed by atoms with Crippen molar-refractivity contribution in [2.24, 2.45) is 0 Å². The van der Waals surface area contributed by atoms with Gasteiger partial charge in [0.25, 0.3) is 0 Å². The van der Waals surface area contributed by atoms with Crippen molar-refractivity contribution in [1.29, 1.82) is 0 Å². The summed E-state index contributed by atoms with van der Waals surface area (Å²) in [6.07, 6.45) is 6.06. The molecule has 0 saturated carbocycles. The van der Waals surface area contributed by atoms with E-state index in [1.54, 1.807) is 5.54 Å². The number of hydrogen-bond donors (Lipinski definition) is 1. The van der Waals surface area contributed by atoms with Gasteiger partial charge in [0, 0.05) is 24.7 Å². The van der Waals surface area contributed by atoms with Crippen LogP contribution in [0, 0.1) is 0 Å². The average molecular weight is 217 g/mol. The fourth-order valence-corrected chi connectivity index (χ4v) is 2.10. The molecule has 0 bridgehead atoms. The van der Waals surface area contributed by atoms with Crippen molar-refractivity contribution in [3.8, 4) is 0 Å². The first-order valence-electron chi connectivity index (χ1n) is 5.58. The van der Waals surface area contributed by atoms with Gasteiger partial charge in [-0.05, 0) is 25.9 Å². The van der Waals surface area contributed by atoms with E-state index < -0.39 is 0 Å². The summed E-state index contributed by atoms with van der Waals surface area (Å²) < 4.78 is 0. The molecule has 1 atom stereocenters. The Kier molecular flexibility index (Phi) is 6.24. The quantitative estimate of drug-likeness (QED) is 0.758. The van der Waals surface area contributed by atoms with Crippen LogP contribution in [-0.4, -0.2) is 37.1 Å². The highest BCUT2D eigenvalue weighted by Crippen LogP contribution is 2.16. The summed E-state index contributed by atoms with van der Waals surface area (Å²) in [5.74, 6) is 0. The first kappa shape index (κ1) is 12.0. The Labute approximate surface area is 92.3 Å². The number of likely N-dealkylation sites (N-methyl/N-ethyl adjacent to an activating group) is 1. The molecule has 0 aliphatic carbocycles. The largest absolute Gasteiger partial charge is 0.315 e. The Morgan fingerprint density at radius 3 is 3.07 bits per heavy atom. The van der Waals surface area contributed by atoms with Gasteiger partial charge < -0.3 is 5.32 Å². The van der Waals surface area contributed by atoms with Gasteiger partial charge in [-0.3, -0.25) is 4.90 Å². The van der Waals surface area contributed by atoms with Gasteiger partial charge in [0.05, 0.1) is 0 Å². The third kappa shape index (κ3) is 3.99. The lowest BCUT2D eigenvalue weighted by Gasteiger charge is -2.35. The minimum Gasteiger partial charge on any atom is -0.315 e. The molecule has 1 N–H and O–H groups in total. The first-order valence-corrected chi connectivity index (χ1v) is 6.02. The van der Waals surface area contributed by atoms with E-state index in [9.17, 15) is 0 Å². The maximum Gasteiger partial charge on any atom is 0.0223 e. The van der Waals surface area contributed by atoms with Crippen molar-refractivity contribution < 1.29 is 0 Å². The highest BCUT2D eigenvalue weighted by atomic mass is 35.5. The Hall–Kier alpha value is -0.0500. The Bertz CT molecular complexity index is 171. The molecule has 3 heteroatoms. The molecule has 0 spiro atoms. The van der Waals surface area contributed by atoms with Gasteiger partial charge in [0.1, 0.15) is 0 Å². The van der Waals surface area contributed by atoms with Gasteiger partial charge >= 0.3 is 0 Å². The van der Waals surface area contributed by atoms with Crippen molar-refractivity contribution in [3.05, 3.63) is 11.6 Å². The summed E-state index contributed by atoms with van der Waals surface area (Å²) in [6, 6.07) is 0.705. The standard InChI is InChI=1S/C11H21ClN2/c1-2-13-10-11-6-3-4-8-14(11)9-5-7-12/h5,7,11,13H,2-4,6,8-10H2,1H3. The molecule has 0 amide bonds. The molecule has 1 fully saturated rings. The lowest BCUT2D eigenvalue weighted by Crippen LogP contribution is -2.45. The van der Waals surface area contributed by atoms with Gasteiger partial charge in [-0.1, -0.05) is 31.0 Å². The second-order valence-electron chi connectivity index (χ2n) is 3.81. The average Bonchev–Trinajstić information content (AvgIpc) is 2.24. The van der Waals surface area contributed by atoms with Crippen LogP contribution in [0.1, 0.15) is 26.2 Å². The van der Waals surface area contributed by atoms with E-state index in [0.29, 0.717) is 6.04 Å². The fraction of sp³-hybridized carbons (Fsp3) is 0.818. The van der Waals surface area contributed by atoms with Crippen molar-refractivity contribution in [1.82, 2.24) is 10.2 Å². The zero-order valence-electron chi connectivity index (χ0n) is 9.01. The molecular weight excluding hydrogens is 196 g/mol. The van der Waals surface area contributed by atoms with Crippen molar-refractivity contribution in [2.45, 2.75) is 32.2 Å². The third-order valence-corrected chi connectivity index (χ3v) is 2.99. The van der Waals surface area contributed by atoms with Crippen molar-refractivity contribution >= 4 is 11.6 Å². The molecule has 1 aliphatic rings. The second kappa shape index (κ2) is 7.27. The predicted molar refractivity (Wildman–Crippen MR) is 62.7 cm³/mol. The van der Waals surface area contributed by atoms with E-state index in [1.807, 2.05) is 6.08 Å². The number of halogens is 1. The Morgan fingerprint density at radius 2 is 2.36 bits per heavy atom. The van der Waals surface area contributed by atoms with E-state index in [2.05, 4.69) is 17.1 Å². The van der Waals surface area contributed by atoms with Crippen molar-refractivity contribution in [2.75, 3.05) is 26.2 Å². The van der Waals surface area contributed by atoms with E-state index in [1.165, 1.54) is 25.8 Å². The smallest absolute Gasteiger partial charge is 0.0223 e. The maximum atomic E-state index is 5.55. The van der Waals surface area contributed by atoms with Gasteiger partial charge in [0.15, 0.2) is 0 Å². The number of rotatable bonds is 5. The monoisotopic (exact) mass is 216 g/mol. The van der Waals surface area contributed by atoms with Gasteiger partial charge in [-0.15, -0.1) is 0 Å². The summed E-state index contributed by atoms with van der Waals surface area (Å²) in [5, 5.41) is 3.43. The maximum absolute atomic E-state index is 5.55. The van der Waals surface area contributed by atoms with E-state index in [0.717, 1.165) is 19.6 Å². The number of hydrogen-bond acceptors (Lipinski definition) is 2. The zero-order chi connectivity index (χ0) is 10.2. The molecule has 82 valence electrons. The highest BCUT2D eigenvalue weighted by Gasteiger charge is 2.20. The number of likely N-dealkylation sites (tertiary alicyclic amines) is 1. The lowest BCUT2D eigenvalue weighted by atomic mass is 10.0. The second-order valence-corrected chi connectivity index (χ2v) is 4.07. The summed E-state index contributed by atoms with van der Waals surface area (Å²) in [7, 11) is 0. The predicted octanol–water partition coefficient (Wildman–Crippen LogP) is 2.20. The first-order chi connectivity index (χ1) is 6.88. The SMILES string of the molecule is CCNCC1CCCCN1CC=CCl. The van der Waals surface area contributed by atoms with Gasteiger partial charge in [-0.25, -0.2) is 0 Å². The number of piperidine rings is 1. The molecule has 0 aromatic heterocycles. The molecule has 1 rings (SSSR count). The Balaban J connectivity index is 2.33. The molecule has 2 nitrogen and oxygen atoms in total. The Morgan fingerprint density at radius 1 is 1.50 bits per heavy atom. The summed E-state index contributed by atoms with van der Waals surface area (Å²) in [5.41, 5.74) is 1.62. The molecule has 14 heavy (non-hydrogen) atoms. The molecule has 0 aromatic carbocycles. The molecule has 0 radical (unpaired) electrons. The summed E-state index contributed by atoms with van der Waals surface area (Å²) >= 11 is 5.55. The highest BCUT2D eigenvalue weighted by molar-refractivity contribution is 6.25. The topological polar surface area (TPSA) is 15.3 Å². The molecule has 1 unspecified atom stereocenters. The molecule has 1 aliphatic heterocycles. The van der Waals surface area contributed by atoms with Crippen LogP contribution in [0.25, 0.3) is 0 Å². The van der Waals surface area contributed by atoms with Gasteiger partial charge in [0.2, 0.25) is 0 Å². The van der Waals surface area contributed by atoms with E-state index >= 15 is 0 Å².